The van der Waals surface area contributed by atoms with Gasteiger partial charge in [-0.3, -0.25) is 14.4 Å². The zero-order valence-corrected chi connectivity index (χ0v) is 21.3. The number of benzene rings is 1. The minimum atomic E-state index is -3.52. The van der Waals surface area contributed by atoms with Gasteiger partial charge in [-0.25, -0.2) is 8.42 Å². The number of ether oxygens (including phenoxy) is 1. The summed E-state index contributed by atoms with van der Waals surface area (Å²) in [6.45, 7) is 2.53. The molecule has 2 saturated heterocycles. The number of anilines is 1. The van der Waals surface area contributed by atoms with Crippen LogP contribution in [0.1, 0.15) is 27.0 Å². The maximum Gasteiger partial charge on any atom is 0.261 e. The molecule has 2 aliphatic heterocycles. The minimum absolute atomic E-state index is 0.0197. The zero-order chi connectivity index (χ0) is 25.2. The summed E-state index contributed by atoms with van der Waals surface area (Å²) in [4.78, 5) is 39.7. The lowest BCUT2D eigenvalue weighted by Gasteiger charge is -2.27. The molecule has 3 heterocycles. The first-order valence-corrected chi connectivity index (χ1v) is 13.8. The van der Waals surface area contributed by atoms with Gasteiger partial charge in [0.25, 0.3) is 17.7 Å². The molecule has 0 bridgehead atoms. The highest BCUT2D eigenvalue weighted by molar-refractivity contribution is 7.89. The summed E-state index contributed by atoms with van der Waals surface area (Å²) in [5, 5.41) is 5.69. The van der Waals surface area contributed by atoms with Gasteiger partial charge in [-0.15, -0.1) is 11.3 Å². The third kappa shape index (κ3) is 5.84. The van der Waals surface area contributed by atoms with E-state index in [2.05, 4.69) is 10.6 Å². The van der Waals surface area contributed by atoms with Crippen molar-refractivity contribution in [3.05, 3.63) is 51.2 Å². The van der Waals surface area contributed by atoms with Gasteiger partial charge in [0.1, 0.15) is 6.61 Å². The SMILES string of the molecule is CCS(=O)(=O)N1C[C@@H](NC(=O)c2ccc(N3CCOCC3=O)cc2)[C@H](NC(=O)c2ccc(Cl)s2)C1. The molecule has 10 nitrogen and oxygen atoms in total. The fourth-order valence-corrected chi connectivity index (χ4v) is 6.07. The molecule has 0 radical (unpaired) electrons. The molecule has 2 aliphatic rings. The molecule has 1 aromatic carbocycles. The summed E-state index contributed by atoms with van der Waals surface area (Å²) in [5.74, 6) is -1.04. The number of carbonyl (C=O) groups excluding carboxylic acids is 3. The molecule has 3 amide bonds. The monoisotopic (exact) mass is 540 g/mol. The van der Waals surface area contributed by atoms with Crippen molar-refractivity contribution in [2.24, 2.45) is 0 Å². The number of thiophene rings is 1. The fourth-order valence-electron chi connectivity index (χ4n) is 3.98. The van der Waals surface area contributed by atoms with E-state index in [1.165, 1.54) is 4.31 Å². The lowest BCUT2D eigenvalue weighted by Crippen LogP contribution is -2.50. The molecule has 2 N–H and O–H groups in total. The van der Waals surface area contributed by atoms with Crippen LogP contribution in [0.4, 0.5) is 5.69 Å². The van der Waals surface area contributed by atoms with Crippen LogP contribution in [0.5, 0.6) is 0 Å². The Labute approximate surface area is 212 Å². The van der Waals surface area contributed by atoms with Gasteiger partial charge < -0.3 is 20.3 Å². The summed E-state index contributed by atoms with van der Waals surface area (Å²) < 4.78 is 31.8. The second-order valence-electron chi connectivity index (χ2n) is 8.13. The van der Waals surface area contributed by atoms with Crippen molar-refractivity contribution < 1.29 is 27.5 Å². The smallest absolute Gasteiger partial charge is 0.261 e. The maximum absolute atomic E-state index is 13.0. The topological polar surface area (TPSA) is 125 Å². The van der Waals surface area contributed by atoms with Crippen molar-refractivity contribution in [3.63, 3.8) is 0 Å². The fraction of sp³-hybridized carbons (Fsp3) is 0.409. The van der Waals surface area contributed by atoms with Gasteiger partial charge in [-0.1, -0.05) is 11.6 Å². The van der Waals surface area contributed by atoms with E-state index in [9.17, 15) is 22.8 Å². The summed E-state index contributed by atoms with van der Waals surface area (Å²) in [7, 11) is -3.52. The molecule has 2 aromatic rings. The molecule has 2 fully saturated rings. The van der Waals surface area contributed by atoms with Gasteiger partial charge in [0.05, 0.1) is 33.7 Å². The minimum Gasteiger partial charge on any atom is -0.370 e. The van der Waals surface area contributed by atoms with Gasteiger partial charge in [0.2, 0.25) is 10.0 Å². The number of nitrogens with zero attached hydrogens (tertiary/aromatic N) is 2. The summed E-state index contributed by atoms with van der Waals surface area (Å²) >= 11 is 7.04. The molecule has 2 atom stereocenters. The molecular weight excluding hydrogens is 516 g/mol. The summed E-state index contributed by atoms with van der Waals surface area (Å²) in [5.41, 5.74) is 1.01. The van der Waals surface area contributed by atoms with Crippen LogP contribution >= 0.6 is 22.9 Å². The third-order valence-corrected chi connectivity index (χ3v) is 8.95. The Morgan fingerprint density at radius 3 is 2.31 bits per heavy atom. The molecule has 0 aliphatic carbocycles. The summed E-state index contributed by atoms with van der Waals surface area (Å²) in [6, 6.07) is 8.50. The van der Waals surface area contributed by atoms with Crippen LogP contribution in [0.25, 0.3) is 0 Å². The van der Waals surface area contributed by atoms with E-state index in [-0.39, 0.29) is 37.3 Å². The number of halogens is 1. The average Bonchev–Trinajstić information content (AvgIpc) is 3.46. The molecule has 13 heteroatoms. The Hall–Kier alpha value is -2.51. The van der Waals surface area contributed by atoms with Crippen LogP contribution in [0.2, 0.25) is 4.34 Å². The average molecular weight is 541 g/mol. The standard InChI is InChI=1S/C22H25ClN4O6S2/c1-2-35(31,32)26-11-16(17(12-26)25-22(30)18-7-8-19(23)34-18)24-21(29)14-3-5-15(6-4-14)27-9-10-33-13-20(27)28/h3-8,16-17H,2,9-13H2,1H3,(H,24,29)(H,25,30)/t16-,17-/m1/s1. The van der Waals surface area contributed by atoms with E-state index < -0.39 is 28.0 Å². The first-order valence-electron chi connectivity index (χ1n) is 11.0. The number of morpholine rings is 1. The van der Waals surface area contributed by atoms with E-state index >= 15 is 0 Å². The number of amides is 3. The Morgan fingerprint density at radius 2 is 1.74 bits per heavy atom. The highest BCUT2D eigenvalue weighted by atomic mass is 35.5. The van der Waals surface area contributed by atoms with Gasteiger partial charge in [-0.2, -0.15) is 4.31 Å². The van der Waals surface area contributed by atoms with Crippen LogP contribution in [-0.2, 0) is 19.6 Å². The zero-order valence-electron chi connectivity index (χ0n) is 18.9. The molecule has 4 rings (SSSR count). The molecule has 35 heavy (non-hydrogen) atoms. The van der Waals surface area contributed by atoms with E-state index in [4.69, 9.17) is 16.3 Å². The number of rotatable bonds is 7. The van der Waals surface area contributed by atoms with E-state index in [1.807, 2.05) is 0 Å². The second kappa shape index (κ2) is 10.6. The highest BCUT2D eigenvalue weighted by Crippen LogP contribution is 2.23. The maximum atomic E-state index is 13.0. The van der Waals surface area contributed by atoms with E-state index in [0.717, 1.165) is 11.3 Å². The van der Waals surface area contributed by atoms with Crippen molar-refractivity contribution in [2.45, 2.75) is 19.0 Å². The number of sulfonamides is 1. The first-order chi connectivity index (χ1) is 16.7. The number of hydrogen-bond acceptors (Lipinski definition) is 7. The molecule has 0 unspecified atom stereocenters. The molecule has 188 valence electrons. The normalized spacial score (nSPS) is 21.2. The highest BCUT2D eigenvalue weighted by Gasteiger charge is 2.40. The quantitative estimate of drug-likeness (QED) is 0.546. The van der Waals surface area contributed by atoms with E-state index in [0.29, 0.717) is 33.6 Å². The van der Waals surface area contributed by atoms with Crippen LogP contribution in [0.15, 0.2) is 36.4 Å². The first kappa shape index (κ1) is 25.6. The van der Waals surface area contributed by atoms with Crippen molar-refractivity contribution in [1.82, 2.24) is 14.9 Å². The van der Waals surface area contributed by atoms with Gasteiger partial charge in [0, 0.05) is 30.9 Å². The van der Waals surface area contributed by atoms with Crippen LogP contribution in [0.3, 0.4) is 0 Å². The predicted molar refractivity (Wildman–Crippen MR) is 132 cm³/mol. The van der Waals surface area contributed by atoms with E-state index in [1.54, 1.807) is 48.2 Å². The predicted octanol–water partition coefficient (Wildman–Crippen LogP) is 1.33. The number of carbonyl (C=O) groups is 3. The molecule has 1 aromatic heterocycles. The van der Waals surface area contributed by atoms with Gasteiger partial charge >= 0.3 is 0 Å². The summed E-state index contributed by atoms with van der Waals surface area (Å²) in [6.07, 6.45) is 0. The Bertz CT molecular complexity index is 1220. The van der Waals surface area contributed by atoms with Crippen molar-refractivity contribution in [2.75, 3.05) is 43.5 Å². The van der Waals surface area contributed by atoms with Gasteiger partial charge in [0.15, 0.2) is 0 Å². The molecule has 0 saturated carbocycles. The van der Waals surface area contributed by atoms with Crippen LogP contribution in [0, 0.1) is 0 Å². The third-order valence-electron chi connectivity index (χ3n) is 5.90. The van der Waals surface area contributed by atoms with Crippen LogP contribution < -0.4 is 15.5 Å². The lowest BCUT2D eigenvalue weighted by molar-refractivity contribution is -0.125. The Balaban J connectivity index is 1.47. The second-order valence-corrected chi connectivity index (χ2v) is 12.1. The molecule has 0 spiro atoms. The number of nitrogens with one attached hydrogen (secondary N) is 2. The lowest BCUT2D eigenvalue weighted by atomic mass is 10.1. The molecular formula is C22H25ClN4O6S2. The largest absolute Gasteiger partial charge is 0.370 e. The van der Waals surface area contributed by atoms with Crippen molar-refractivity contribution >= 4 is 56.4 Å². The van der Waals surface area contributed by atoms with Crippen molar-refractivity contribution in [3.8, 4) is 0 Å². The Kier molecular flexibility index (Phi) is 7.77. The van der Waals surface area contributed by atoms with Crippen molar-refractivity contribution in [1.29, 1.82) is 0 Å². The van der Waals surface area contributed by atoms with Gasteiger partial charge in [-0.05, 0) is 43.3 Å². The van der Waals surface area contributed by atoms with Crippen LogP contribution in [-0.4, -0.2) is 81.1 Å². The number of hydrogen-bond donors (Lipinski definition) is 2. The Morgan fingerprint density at radius 1 is 1.09 bits per heavy atom.